The molecule has 0 aliphatic carbocycles. The number of benzene rings is 1. The van der Waals surface area contributed by atoms with Crippen molar-refractivity contribution in [2.75, 3.05) is 14.2 Å². The van der Waals surface area contributed by atoms with Gasteiger partial charge in [0, 0.05) is 25.7 Å². The molecule has 0 bridgehead atoms. The van der Waals surface area contributed by atoms with E-state index in [1.54, 1.807) is 38.1 Å². The summed E-state index contributed by atoms with van der Waals surface area (Å²) >= 11 is 0. The zero-order valence-electron chi connectivity index (χ0n) is 14.3. The van der Waals surface area contributed by atoms with Crippen molar-refractivity contribution in [2.24, 2.45) is 5.92 Å². The highest BCUT2D eigenvalue weighted by molar-refractivity contribution is 6.78. The zero-order valence-corrected chi connectivity index (χ0v) is 15.3. The number of carbonyl (C=O) groups excluding carboxylic acids is 2. The Kier molecular flexibility index (Phi) is 6.65. The molecule has 0 amide bonds. The average Bonchev–Trinajstić information content (AvgIpc) is 2.51. The summed E-state index contributed by atoms with van der Waals surface area (Å²) in [5.41, 5.74) is -0.360. The van der Waals surface area contributed by atoms with Crippen LogP contribution in [0.15, 0.2) is 30.3 Å². The molecular formula is C17H26O4Si. The van der Waals surface area contributed by atoms with Gasteiger partial charge in [0.15, 0.2) is 5.78 Å². The Bertz CT molecular complexity index is 507. The molecule has 0 fully saturated rings. The van der Waals surface area contributed by atoms with E-state index in [0.717, 1.165) is 0 Å². The molecule has 0 aromatic heterocycles. The average molecular weight is 322 g/mol. The molecule has 22 heavy (non-hydrogen) atoms. The third-order valence-electron chi connectivity index (χ3n) is 4.02. The van der Waals surface area contributed by atoms with Crippen molar-refractivity contribution in [3.8, 4) is 0 Å². The second kappa shape index (κ2) is 7.81. The van der Waals surface area contributed by atoms with E-state index in [-0.39, 0.29) is 23.0 Å². The first-order valence-corrected chi connectivity index (χ1v) is 9.52. The van der Waals surface area contributed by atoms with E-state index in [0.29, 0.717) is 5.56 Å². The van der Waals surface area contributed by atoms with Gasteiger partial charge in [0.2, 0.25) is 0 Å². The highest BCUT2D eigenvalue weighted by Gasteiger charge is 2.55. The number of carbonyl (C=O) groups is 2. The maximum absolute atomic E-state index is 13.0. The van der Waals surface area contributed by atoms with Gasteiger partial charge in [-0.25, -0.2) is 0 Å². The fourth-order valence-electron chi connectivity index (χ4n) is 2.74. The Morgan fingerprint density at radius 3 is 1.82 bits per heavy atom. The number of Topliss-reactive ketones (excluding diaryl/α,β-unsaturated/α-hetero) is 2. The van der Waals surface area contributed by atoms with Crippen LogP contribution in [0.1, 0.15) is 38.1 Å². The van der Waals surface area contributed by atoms with Crippen molar-refractivity contribution in [3.63, 3.8) is 0 Å². The van der Waals surface area contributed by atoms with Crippen molar-refractivity contribution in [1.29, 1.82) is 0 Å². The summed E-state index contributed by atoms with van der Waals surface area (Å²) in [5, 5.41) is 0. The monoisotopic (exact) mass is 322 g/mol. The summed E-state index contributed by atoms with van der Waals surface area (Å²) in [6.45, 7) is 7.49. The topological polar surface area (TPSA) is 52.6 Å². The Morgan fingerprint density at radius 1 is 0.955 bits per heavy atom. The number of hydrogen-bond acceptors (Lipinski definition) is 4. The van der Waals surface area contributed by atoms with E-state index in [9.17, 15) is 9.59 Å². The maximum Gasteiger partial charge on any atom is 0.359 e. The third-order valence-corrected chi connectivity index (χ3v) is 8.26. The Hall–Kier alpha value is -1.30. The lowest BCUT2D eigenvalue weighted by atomic mass is 9.99. The van der Waals surface area contributed by atoms with Crippen LogP contribution in [0.4, 0.5) is 0 Å². The molecule has 0 aliphatic heterocycles. The molecule has 0 saturated carbocycles. The van der Waals surface area contributed by atoms with Crippen LogP contribution in [0.25, 0.3) is 0 Å². The minimum atomic E-state index is -3.02. The predicted molar refractivity (Wildman–Crippen MR) is 89.2 cm³/mol. The zero-order chi connectivity index (χ0) is 16.9. The summed E-state index contributed by atoms with van der Waals surface area (Å²) in [4.78, 5) is 25.8. The van der Waals surface area contributed by atoms with Gasteiger partial charge in [-0.3, -0.25) is 9.59 Å². The van der Waals surface area contributed by atoms with Gasteiger partial charge in [-0.1, -0.05) is 58.0 Å². The van der Waals surface area contributed by atoms with E-state index >= 15 is 0 Å². The molecule has 1 aromatic carbocycles. The molecule has 0 spiro atoms. The Morgan fingerprint density at radius 2 is 1.45 bits per heavy atom. The quantitative estimate of drug-likeness (QED) is 0.417. The third kappa shape index (κ3) is 3.54. The molecule has 5 heteroatoms. The molecule has 1 unspecified atom stereocenters. The molecule has 0 N–H and O–H groups in total. The largest absolute Gasteiger partial charge is 0.397 e. The Balaban J connectivity index is 3.41. The van der Waals surface area contributed by atoms with E-state index in [4.69, 9.17) is 8.85 Å². The molecule has 122 valence electrons. The molecule has 4 nitrogen and oxygen atoms in total. The standard InChI is InChI=1S/C17H26O4Si/c1-12(2)15(18)17(22(20-5,21-6)13(3)4)16(19)14-10-8-7-9-11-14/h7-13,17H,1-6H3. The summed E-state index contributed by atoms with van der Waals surface area (Å²) in [5.74, 6) is -0.574. The van der Waals surface area contributed by atoms with Crippen LogP contribution in [0.5, 0.6) is 0 Å². The van der Waals surface area contributed by atoms with Gasteiger partial charge in [-0.2, -0.15) is 0 Å². The number of rotatable bonds is 8. The molecule has 0 aliphatic rings. The molecule has 1 aromatic rings. The van der Waals surface area contributed by atoms with E-state index in [2.05, 4.69) is 0 Å². The van der Waals surface area contributed by atoms with Gasteiger partial charge in [-0.05, 0) is 5.54 Å². The van der Waals surface area contributed by atoms with Crippen LogP contribution in [0.3, 0.4) is 0 Å². The van der Waals surface area contributed by atoms with Crippen molar-refractivity contribution < 1.29 is 18.4 Å². The Labute approximate surface area is 134 Å². The molecule has 1 atom stereocenters. The molecule has 0 saturated heterocycles. The summed E-state index contributed by atoms with van der Waals surface area (Å²) in [6, 6.07) is 8.89. The number of hydrogen-bond donors (Lipinski definition) is 0. The molecule has 0 radical (unpaired) electrons. The maximum atomic E-state index is 13.0. The van der Waals surface area contributed by atoms with Crippen molar-refractivity contribution in [3.05, 3.63) is 35.9 Å². The SMILES string of the molecule is CO[Si](OC)(C(C)C)C(C(=O)c1ccccc1)C(=O)C(C)C. The van der Waals surface area contributed by atoms with Crippen LogP contribution >= 0.6 is 0 Å². The molecular weight excluding hydrogens is 296 g/mol. The molecule has 0 heterocycles. The van der Waals surface area contributed by atoms with Crippen LogP contribution in [-0.2, 0) is 13.6 Å². The predicted octanol–water partition coefficient (Wildman–Crippen LogP) is 3.61. The fraction of sp³-hybridized carbons (Fsp3) is 0.529. The van der Waals surface area contributed by atoms with Crippen LogP contribution in [-0.4, -0.2) is 34.3 Å². The summed E-state index contributed by atoms with van der Waals surface area (Å²) < 4.78 is 11.4. The highest BCUT2D eigenvalue weighted by Crippen LogP contribution is 2.38. The first kappa shape index (κ1) is 18.7. The summed E-state index contributed by atoms with van der Waals surface area (Å²) in [6.07, 6.45) is 0. The van der Waals surface area contributed by atoms with Gasteiger partial charge in [0.25, 0.3) is 0 Å². The highest BCUT2D eigenvalue weighted by atomic mass is 28.4. The van der Waals surface area contributed by atoms with Crippen molar-refractivity contribution in [1.82, 2.24) is 0 Å². The van der Waals surface area contributed by atoms with Gasteiger partial charge in [0.1, 0.15) is 11.3 Å². The van der Waals surface area contributed by atoms with Crippen LogP contribution in [0.2, 0.25) is 11.1 Å². The van der Waals surface area contributed by atoms with E-state index in [1.165, 1.54) is 14.2 Å². The van der Waals surface area contributed by atoms with Gasteiger partial charge in [0.05, 0.1) is 0 Å². The lowest BCUT2D eigenvalue weighted by molar-refractivity contribution is -0.121. The van der Waals surface area contributed by atoms with Gasteiger partial charge >= 0.3 is 8.56 Å². The first-order valence-electron chi connectivity index (χ1n) is 7.55. The van der Waals surface area contributed by atoms with Gasteiger partial charge in [-0.15, -0.1) is 0 Å². The smallest absolute Gasteiger partial charge is 0.359 e. The lowest BCUT2D eigenvalue weighted by Crippen LogP contribution is -2.54. The van der Waals surface area contributed by atoms with E-state index < -0.39 is 14.1 Å². The van der Waals surface area contributed by atoms with Crippen LogP contribution < -0.4 is 0 Å². The number of ketones is 2. The van der Waals surface area contributed by atoms with E-state index in [1.807, 2.05) is 19.9 Å². The lowest BCUT2D eigenvalue weighted by Gasteiger charge is -2.37. The van der Waals surface area contributed by atoms with Crippen molar-refractivity contribution in [2.45, 2.75) is 38.8 Å². The fourth-order valence-corrected chi connectivity index (χ4v) is 6.25. The normalized spacial score (nSPS) is 13.5. The minimum Gasteiger partial charge on any atom is -0.397 e. The second-order valence-corrected chi connectivity index (χ2v) is 10.00. The summed E-state index contributed by atoms with van der Waals surface area (Å²) in [7, 11) is 0.0516. The molecule has 1 rings (SSSR count). The minimum absolute atomic E-state index is 0.0251. The van der Waals surface area contributed by atoms with Crippen LogP contribution in [0, 0.1) is 5.92 Å². The second-order valence-electron chi connectivity index (χ2n) is 6.00. The van der Waals surface area contributed by atoms with Crippen molar-refractivity contribution >= 4 is 20.1 Å². The first-order chi connectivity index (χ1) is 10.3. The van der Waals surface area contributed by atoms with Gasteiger partial charge < -0.3 is 8.85 Å².